The Bertz CT molecular complexity index is 792. The number of rotatable bonds is 4. The summed E-state index contributed by atoms with van der Waals surface area (Å²) < 4.78 is 0. The molecule has 0 fully saturated rings. The van der Waals surface area contributed by atoms with E-state index in [1.807, 2.05) is 25.1 Å². The van der Waals surface area contributed by atoms with E-state index >= 15 is 0 Å². The van der Waals surface area contributed by atoms with Gasteiger partial charge in [-0.15, -0.1) is 11.3 Å². The number of nitrogens with one attached hydrogen (secondary N) is 1. The molecule has 1 unspecified atom stereocenters. The van der Waals surface area contributed by atoms with Crippen molar-refractivity contribution in [3.05, 3.63) is 58.7 Å². The van der Waals surface area contributed by atoms with Crippen LogP contribution in [0.5, 0.6) is 0 Å². The molecule has 0 saturated carbocycles. The van der Waals surface area contributed by atoms with Crippen LogP contribution in [-0.4, -0.2) is 15.0 Å². The van der Waals surface area contributed by atoms with E-state index in [-0.39, 0.29) is 11.5 Å². The molecule has 3 heterocycles. The van der Waals surface area contributed by atoms with Crippen LogP contribution < -0.4 is 5.32 Å². The molecule has 0 aromatic carbocycles. The van der Waals surface area contributed by atoms with Crippen LogP contribution in [0.2, 0.25) is 0 Å². The number of thiophene rings is 1. The number of hydrogen-bond acceptors (Lipinski definition) is 5. The van der Waals surface area contributed by atoms with Gasteiger partial charge in [0.25, 0.3) is 0 Å². The first-order valence-corrected chi connectivity index (χ1v) is 8.87. The van der Waals surface area contributed by atoms with Crippen molar-refractivity contribution in [2.45, 2.75) is 33.7 Å². The Morgan fingerprint density at radius 1 is 1.12 bits per heavy atom. The molecule has 1 atom stereocenters. The van der Waals surface area contributed by atoms with Crippen molar-refractivity contribution < 1.29 is 0 Å². The lowest BCUT2D eigenvalue weighted by Crippen LogP contribution is -2.25. The zero-order valence-corrected chi connectivity index (χ0v) is 15.3. The van der Waals surface area contributed by atoms with Gasteiger partial charge in [0.1, 0.15) is 5.82 Å². The zero-order valence-electron chi connectivity index (χ0n) is 14.4. The molecule has 3 aromatic heterocycles. The predicted molar refractivity (Wildman–Crippen MR) is 100 cm³/mol. The van der Waals surface area contributed by atoms with Gasteiger partial charge in [-0.25, -0.2) is 9.97 Å². The standard InChI is InChI=1S/C19H22N4S/c1-13-11-16(23-18(21-13)14-7-5-9-20-12-14)22-17(19(2,3)4)15-8-6-10-24-15/h5-12,17H,1-4H3,(H,21,22,23). The topological polar surface area (TPSA) is 50.7 Å². The van der Waals surface area contributed by atoms with Crippen molar-refractivity contribution in [1.82, 2.24) is 15.0 Å². The van der Waals surface area contributed by atoms with Gasteiger partial charge in [0.05, 0.1) is 6.04 Å². The Morgan fingerprint density at radius 2 is 1.96 bits per heavy atom. The van der Waals surface area contributed by atoms with E-state index in [0.29, 0.717) is 5.82 Å². The molecule has 24 heavy (non-hydrogen) atoms. The molecule has 4 nitrogen and oxygen atoms in total. The maximum absolute atomic E-state index is 4.71. The molecule has 0 amide bonds. The Labute approximate surface area is 147 Å². The first-order valence-electron chi connectivity index (χ1n) is 7.99. The number of pyridine rings is 1. The van der Waals surface area contributed by atoms with Gasteiger partial charge in [-0.2, -0.15) is 0 Å². The average Bonchev–Trinajstić information content (AvgIpc) is 3.06. The van der Waals surface area contributed by atoms with E-state index in [2.05, 4.69) is 53.6 Å². The van der Waals surface area contributed by atoms with Gasteiger partial charge in [-0.3, -0.25) is 4.98 Å². The Balaban J connectivity index is 1.96. The number of nitrogens with zero attached hydrogens (tertiary/aromatic N) is 3. The maximum atomic E-state index is 4.71. The van der Waals surface area contributed by atoms with Crippen LogP contribution in [0.1, 0.15) is 37.4 Å². The number of aryl methyl sites for hydroxylation is 1. The molecule has 3 aromatic rings. The summed E-state index contributed by atoms with van der Waals surface area (Å²) >= 11 is 1.77. The fourth-order valence-corrected chi connectivity index (χ4v) is 3.60. The van der Waals surface area contributed by atoms with Crippen molar-refractivity contribution in [2.24, 2.45) is 5.41 Å². The van der Waals surface area contributed by atoms with E-state index in [1.54, 1.807) is 23.7 Å². The van der Waals surface area contributed by atoms with Crippen LogP contribution in [0, 0.1) is 12.3 Å². The Morgan fingerprint density at radius 3 is 2.58 bits per heavy atom. The van der Waals surface area contributed by atoms with E-state index in [9.17, 15) is 0 Å². The molecule has 0 aliphatic rings. The lowest BCUT2D eigenvalue weighted by atomic mass is 9.86. The second-order valence-corrected chi connectivity index (χ2v) is 7.90. The molecule has 1 N–H and O–H groups in total. The summed E-state index contributed by atoms with van der Waals surface area (Å²) in [6, 6.07) is 10.3. The Hall–Kier alpha value is -2.27. The highest BCUT2D eigenvalue weighted by atomic mass is 32.1. The smallest absolute Gasteiger partial charge is 0.163 e. The quantitative estimate of drug-likeness (QED) is 0.718. The molecule has 0 aliphatic carbocycles. The van der Waals surface area contributed by atoms with Crippen LogP contribution in [-0.2, 0) is 0 Å². The molecular formula is C19H22N4S. The molecule has 124 valence electrons. The SMILES string of the molecule is Cc1cc(NC(c2cccs2)C(C)(C)C)nc(-c2cccnc2)n1. The van der Waals surface area contributed by atoms with E-state index in [1.165, 1.54) is 4.88 Å². The van der Waals surface area contributed by atoms with Gasteiger partial charge >= 0.3 is 0 Å². The molecule has 0 saturated heterocycles. The largest absolute Gasteiger partial charge is 0.362 e. The third-order valence-corrected chi connectivity index (χ3v) is 4.70. The van der Waals surface area contributed by atoms with E-state index < -0.39 is 0 Å². The third-order valence-electron chi connectivity index (χ3n) is 3.76. The lowest BCUT2D eigenvalue weighted by Gasteiger charge is -2.31. The van der Waals surface area contributed by atoms with Crippen molar-refractivity contribution in [2.75, 3.05) is 5.32 Å². The molecule has 0 bridgehead atoms. The van der Waals surface area contributed by atoms with Gasteiger partial charge in [-0.1, -0.05) is 26.8 Å². The highest BCUT2D eigenvalue weighted by molar-refractivity contribution is 7.10. The molecule has 0 aliphatic heterocycles. The first kappa shape index (κ1) is 16.6. The summed E-state index contributed by atoms with van der Waals surface area (Å²) in [5.74, 6) is 1.54. The number of anilines is 1. The van der Waals surface area contributed by atoms with Crippen molar-refractivity contribution >= 4 is 17.2 Å². The Kier molecular flexibility index (Phi) is 4.62. The summed E-state index contributed by atoms with van der Waals surface area (Å²) in [6.45, 7) is 8.70. The van der Waals surface area contributed by atoms with Crippen LogP contribution in [0.3, 0.4) is 0 Å². The molecular weight excluding hydrogens is 316 g/mol. The molecule has 5 heteroatoms. The summed E-state index contributed by atoms with van der Waals surface area (Å²) in [4.78, 5) is 14.7. The van der Waals surface area contributed by atoms with Gasteiger partial charge in [0.15, 0.2) is 5.82 Å². The predicted octanol–water partition coefficient (Wildman–Crippen LogP) is 5.11. The van der Waals surface area contributed by atoms with Crippen LogP contribution in [0.15, 0.2) is 48.1 Å². The van der Waals surface area contributed by atoms with Crippen molar-refractivity contribution in [1.29, 1.82) is 0 Å². The van der Waals surface area contributed by atoms with Gasteiger partial charge in [0.2, 0.25) is 0 Å². The number of aromatic nitrogens is 3. The van der Waals surface area contributed by atoms with Gasteiger partial charge in [-0.05, 0) is 35.9 Å². The minimum absolute atomic E-state index is 0.0676. The van der Waals surface area contributed by atoms with Gasteiger partial charge < -0.3 is 5.32 Å². The summed E-state index contributed by atoms with van der Waals surface area (Å²) in [7, 11) is 0. The van der Waals surface area contributed by atoms with Crippen LogP contribution in [0.25, 0.3) is 11.4 Å². The lowest BCUT2D eigenvalue weighted by molar-refractivity contribution is 0.350. The van der Waals surface area contributed by atoms with Crippen molar-refractivity contribution in [3.8, 4) is 11.4 Å². The summed E-state index contributed by atoms with van der Waals surface area (Å²) in [5, 5.41) is 5.72. The second-order valence-electron chi connectivity index (χ2n) is 6.92. The monoisotopic (exact) mass is 338 g/mol. The second kappa shape index (κ2) is 6.69. The summed E-state index contributed by atoms with van der Waals surface area (Å²) in [6.07, 6.45) is 3.55. The maximum Gasteiger partial charge on any atom is 0.163 e. The fraction of sp³-hybridized carbons (Fsp3) is 0.316. The van der Waals surface area contributed by atoms with E-state index in [0.717, 1.165) is 17.1 Å². The van der Waals surface area contributed by atoms with Crippen LogP contribution in [0.4, 0.5) is 5.82 Å². The molecule has 3 rings (SSSR count). The minimum Gasteiger partial charge on any atom is -0.362 e. The van der Waals surface area contributed by atoms with E-state index in [4.69, 9.17) is 4.98 Å². The normalized spacial score (nSPS) is 12.8. The third kappa shape index (κ3) is 3.79. The first-order chi connectivity index (χ1) is 11.4. The van der Waals surface area contributed by atoms with Crippen molar-refractivity contribution in [3.63, 3.8) is 0 Å². The van der Waals surface area contributed by atoms with Crippen LogP contribution >= 0.6 is 11.3 Å². The summed E-state index contributed by atoms with van der Waals surface area (Å²) in [5.41, 5.74) is 1.93. The highest BCUT2D eigenvalue weighted by Crippen LogP contribution is 2.37. The van der Waals surface area contributed by atoms with Gasteiger partial charge in [0, 0.05) is 34.6 Å². The average molecular weight is 338 g/mol. The minimum atomic E-state index is 0.0676. The fourth-order valence-electron chi connectivity index (χ4n) is 2.58. The highest BCUT2D eigenvalue weighted by Gasteiger charge is 2.27. The zero-order chi connectivity index (χ0) is 17.2. The number of hydrogen-bond donors (Lipinski definition) is 1. The molecule has 0 radical (unpaired) electrons. The molecule has 0 spiro atoms.